The summed E-state index contributed by atoms with van der Waals surface area (Å²) in [7, 11) is 0. The predicted molar refractivity (Wildman–Crippen MR) is 80.6 cm³/mol. The first-order chi connectivity index (χ1) is 9.03. The van der Waals surface area contributed by atoms with E-state index in [1.165, 1.54) is 0 Å². The molecule has 0 aliphatic heterocycles. The second-order valence-electron chi connectivity index (χ2n) is 7.11. The summed E-state index contributed by atoms with van der Waals surface area (Å²) in [6, 6.07) is -0.294. The van der Waals surface area contributed by atoms with Crippen molar-refractivity contribution in [1.29, 1.82) is 0 Å². The molecule has 3 N–H and O–H groups in total. The third-order valence-electron chi connectivity index (χ3n) is 3.44. The van der Waals surface area contributed by atoms with Gasteiger partial charge in [-0.25, -0.2) is 4.79 Å². The van der Waals surface area contributed by atoms with E-state index in [4.69, 9.17) is 5.11 Å². The van der Waals surface area contributed by atoms with Gasteiger partial charge in [0.1, 0.15) is 0 Å². The zero-order valence-corrected chi connectivity index (χ0v) is 13.6. The van der Waals surface area contributed by atoms with E-state index in [1.54, 1.807) is 0 Å². The fourth-order valence-corrected chi connectivity index (χ4v) is 1.75. The molecule has 0 aromatic rings. The maximum atomic E-state index is 11.6. The first-order valence-electron chi connectivity index (χ1n) is 7.27. The van der Waals surface area contributed by atoms with Gasteiger partial charge >= 0.3 is 12.0 Å². The highest BCUT2D eigenvalue weighted by molar-refractivity contribution is 5.75. The van der Waals surface area contributed by atoms with Crippen molar-refractivity contribution in [3.63, 3.8) is 0 Å². The molecule has 5 nitrogen and oxygen atoms in total. The third-order valence-corrected chi connectivity index (χ3v) is 3.44. The largest absolute Gasteiger partial charge is 0.481 e. The summed E-state index contributed by atoms with van der Waals surface area (Å²) < 4.78 is 0. The highest BCUT2D eigenvalue weighted by Crippen LogP contribution is 2.24. The zero-order valence-electron chi connectivity index (χ0n) is 13.6. The SMILES string of the molecule is CC(C)C(C)CNC(=O)NCC(CC(C)(C)C)C(=O)O. The lowest BCUT2D eigenvalue weighted by atomic mass is 9.84. The van der Waals surface area contributed by atoms with Crippen LogP contribution in [0.3, 0.4) is 0 Å². The number of hydrogen-bond donors (Lipinski definition) is 3. The lowest BCUT2D eigenvalue weighted by molar-refractivity contribution is -0.142. The molecule has 0 radical (unpaired) electrons. The van der Waals surface area contributed by atoms with Crippen LogP contribution < -0.4 is 10.6 Å². The fraction of sp³-hybridized carbons (Fsp3) is 0.867. The highest BCUT2D eigenvalue weighted by Gasteiger charge is 2.25. The van der Waals surface area contributed by atoms with Gasteiger partial charge in [0.25, 0.3) is 0 Å². The molecule has 2 unspecified atom stereocenters. The number of aliphatic carboxylic acids is 1. The van der Waals surface area contributed by atoms with Crippen LogP contribution in [0.5, 0.6) is 0 Å². The van der Waals surface area contributed by atoms with Crippen LogP contribution in [0, 0.1) is 23.2 Å². The van der Waals surface area contributed by atoms with Crippen molar-refractivity contribution < 1.29 is 14.7 Å². The van der Waals surface area contributed by atoms with Crippen LogP contribution in [-0.2, 0) is 4.79 Å². The number of carboxylic acid groups (broad SMARTS) is 1. The first kappa shape index (κ1) is 18.7. The number of carbonyl (C=O) groups is 2. The maximum absolute atomic E-state index is 11.6. The lowest BCUT2D eigenvalue weighted by Gasteiger charge is -2.23. The average molecular weight is 286 g/mol. The van der Waals surface area contributed by atoms with Gasteiger partial charge in [0.15, 0.2) is 0 Å². The molecular formula is C15H30N2O3. The van der Waals surface area contributed by atoms with Crippen molar-refractivity contribution in [3.8, 4) is 0 Å². The van der Waals surface area contributed by atoms with Gasteiger partial charge < -0.3 is 15.7 Å². The lowest BCUT2D eigenvalue weighted by Crippen LogP contribution is -2.42. The second-order valence-corrected chi connectivity index (χ2v) is 7.11. The van der Waals surface area contributed by atoms with E-state index in [1.807, 2.05) is 20.8 Å². The van der Waals surface area contributed by atoms with Gasteiger partial charge in [-0.1, -0.05) is 41.5 Å². The van der Waals surface area contributed by atoms with Crippen LogP contribution in [0.15, 0.2) is 0 Å². The van der Waals surface area contributed by atoms with Crippen molar-refractivity contribution >= 4 is 12.0 Å². The molecule has 0 heterocycles. The molecule has 5 heteroatoms. The fourth-order valence-electron chi connectivity index (χ4n) is 1.75. The van der Waals surface area contributed by atoms with Crippen LogP contribution >= 0.6 is 0 Å². The molecular weight excluding hydrogens is 256 g/mol. The van der Waals surface area contributed by atoms with Crippen LogP contribution in [0.25, 0.3) is 0 Å². The van der Waals surface area contributed by atoms with E-state index in [9.17, 15) is 9.59 Å². The molecule has 0 spiro atoms. The maximum Gasteiger partial charge on any atom is 0.314 e. The number of carbonyl (C=O) groups excluding carboxylic acids is 1. The summed E-state index contributed by atoms with van der Waals surface area (Å²) in [4.78, 5) is 22.8. The van der Waals surface area contributed by atoms with Gasteiger partial charge in [-0.05, 0) is 23.7 Å². The number of carboxylic acids is 1. The van der Waals surface area contributed by atoms with E-state index in [2.05, 4.69) is 31.4 Å². The van der Waals surface area contributed by atoms with Gasteiger partial charge in [0.2, 0.25) is 0 Å². The molecule has 0 fully saturated rings. The summed E-state index contributed by atoms with van der Waals surface area (Å²) in [5.41, 5.74) is -0.0760. The molecule has 118 valence electrons. The molecule has 0 aliphatic rings. The van der Waals surface area contributed by atoms with Crippen LogP contribution in [0.4, 0.5) is 4.79 Å². The summed E-state index contributed by atoms with van der Waals surface area (Å²) in [5, 5.41) is 14.6. The van der Waals surface area contributed by atoms with E-state index >= 15 is 0 Å². The molecule has 0 bridgehead atoms. The molecule has 2 atom stereocenters. The average Bonchev–Trinajstić information content (AvgIpc) is 2.29. The van der Waals surface area contributed by atoms with Crippen LogP contribution in [-0.4, -0.2) is 30.2 Å². The monoisotopic (exact) mass is 286 g/mol. The minimum atomic E-state index is -0.865. The Morgan fingerprint density at radius 3 is 1.95 bits per heavy atom. The van der Waals surface area contributed by atoms with E-state index < -0.39 is 11.9 Å². The van der Waals surface area contributed by atoms with Crippen molar-refractivity contribution in [2.75, 3.05) is 13.1 Å². The number of hydrogen-bond acceptors (Lipinski definition) is 2. The molecule has 20 heavy (non-hydrogen) atoms. The Kier molecular flexibility index (Phi) is 7.61. The topological polar surface area (TPSA) is 78.4 Å². The number of nitrogens with one attached hydrogen (secondary N) is 2. The van der Waals surface area contributed by atoms with Crippen LogP contribution in [0.1, 0.15) is 48.0 Å². The standard InChI is InChI=1S/C15H30N2O3/c1-10(2)11(3)8-16-14(20)17-9-12(13(18)19)7-15(4,5)6/h10-12H,7-9H2,1-6H3,(H,18,19)(H2,16,17,20). The Morgan fingerprint density at radius 1 is 1.05 bits per heavy atom. The molecule has 0 aliphatic carbocycles. The molecule has 0 saturated heterocycles. The van der Waals surface area contributed by atoms with Gasteiger partial charge in [-0.15, -0.1) is 0 Å². The Morgan fingerprint density at radius 2 is 1.55 bits per heavy atom. The molecule has 2 amide bonds. The summed E-state index contributed by atoms with van der Waals surface area (Å²) in [6.45, 7) is 13.0. The van der Waals surface area contributed by atoms with E-state index in [0.29, 0.717) is 24.8 Å². The predicted octanol–water partition coefficient (Wildman–Crippen LogP) is 2.71. The van der Waals surface area contributed by atoms with Crippen molar-refractivity contribution in [1.82, 2.24) is 10.6 Å². The Labute approximate surface area is 122 Å². The summed E-state index contributed by atoms with van der Waals surface area (Å²) in [5.74, 6) is -0.521. The molecule has 0 aromatic carbocycles. The Balaban J connectivity index is 4.16. The van der Waals surface area contributed by atoms with Crippen molar-refractivity contribution in [3.05, 3.63) is 0 Å². The Bertz CT molecular complexity index is 322. The van der Waals surface area contributed by atoms with Crippen molar-refractivity contribution in [2.24, 2.45) is 23.2 Å². The van der Waals surface area contributed by atoms with E-state index in [-0.39, 0.29) is 18.0 Å². The van der Waals surface area contributed by atoms with Gasteiger partial charge in [-0.2, -0.15) is 0 Å². The molecule has 0 rings (SSSR count). The van der Waals surface area contributed by atoms with Crippen LogP contribution in [0.2, 0.25) is 0 Å². The quantitative estimate of drug-likeness (QED) is 0.673. The van der Waals surface area contributed by atoms with Gasteiger partial charge in [-0.3, -0.25) is 4.79 Å². The summed E-state index contributed by atoms with van der Waals surface area (Å²) >= 11 is 0. The number of amides is 2. The minimum Gasteiger partial charge on any atom is -0.481 e. The second kappa shape index (κ2) is 8.12. The Hall–Kier alpha value is -1.26. The molecule has 0 aromatic heterocycles. The number of rotatable bonds is 7. The van der Waals surface area contributed by atoms with Gasteiger partial charge in [0, 0.05) is 13.1 Å². The van der Waals surface area contributed by atoms with E-state index in [0.717, 1.165) is 0 Å². The zero-order chi connectivity index (χ0) is 15.9. The summed E-state index contributed by atoms with van der Waals surface area (Å²) in [6.07, 6.45) is 0.533. The third kappa shape index (κ3) is 8.77. The van der Waals surface area contributed by atoms with Crippen molar-refractivity contribution in [2.45, 2.75) is 48.0 Å². The first-order valence-corrected chi connectivity index (χ1v) is 7.27. The highest BCUT2D eigenvalue weighted by atomic mass is 16.4. The number of urea groups is 1. The minimum absolute atomic E-state index is 0.0760. The normalized spacial score (nSPS) is 14.8. The smallest absolute Gasteiger partial charge is 0.314 e. The molecule has 0 saturated carbocycles. The van der Waals surface area contributed by atoms with Gasteiger partial charge in [0.05, 0.1) is 5.92 Å².